The molecule has 0 saturated heterocycles. The number of H-pyrrole nitrogens is 1. The van der Waals surface area contributed by atoms with Crippen LogP contribution in [0.25, 0.3) is 22.0 Å². The number of fused-ring (bicyclic) bond motifs is 1. The van der Waals surface area contributed by atoms with Crippen molar-refractivity contribution < 1.29 is 4.74 Å². The Morgan fingerprint density at radius 1 is 1.21 bits per heavy atom. The molecule has 0 fully saturated rings. The van der Waals surface area contributed by atoms with Crippen LogP contribution in [-0.4, -0.2) is 15.6 Å². The Morgan fingerprint density at radius 3 is 2.57 bits per heavy atom. The van der Waals surface area contributed by atoms with Crippen molar-refractivity contribution in [3.8, 4) is 16.9 Å². The van der Waals surface area contributed by atoms with E-state index < -0.39 is 0 Å². The molecule has 1 heterocycles. The van der Waals surface area contributed by atoms with Crippen molar-refractivity contribution in [2.45, 2.75) is 59.5 Å². The molecule has 148 valence electrons. The lowest BCUT2D eigenvalue weighted by Gasteiger charge is -2.26. The number of hydrogen-bond donors (Lipinski definition) is 1. The average molecular weight is 399 g/mol. The third-order valence-corrected chi connectivity index (χ3v) is 5.41. The van der Waals surface area contributed by atoms with Crippen molar-refractivity contribution in [1.29, 1.82) is 0 Å². The van der Waals surface area contributed by atoms with Gasteiger partial charge in [0.15, 0.2) is 0 Å². The fourth-order valence-corrected chi connectivity index (χ4v) is 3.32. The van der Waals surface area contributed by atoms with Crippen LogP contribution in [0.3, 0.4) is 0 Å². The van der Waals surface area contributed by atoms with Gasteiger partial charge in [0.25, 0.3) is 5.56 Å². The van der Waals surface area contributed by atoms with Gasteiger partial charge in [0.2, 0.25) is 0 Å². The zero-order valence-corrected chi connectivity index (χ0v) is 18.1. The van der Waals surface area contributed by atoms with Crippen molar-refractivity contribution in [1.82, 2.24) is 9.97 Å². The molecule has 0 aliphatic heterocycles. The van der Waals surface area contributed by atoms with Crippen molar-refractivity contribution in [3.05, 3.63) is 57.1 Å². The summed E-state index contributed by atoms with van der Waals surface area (Å²) >= 11 is 6.40. The zero-order chi connectivity index (χ0) is 20.6. The summed E-state index contributed by atoms with van der Waals surface area (Å²) in [5, 5.41) is 1.16. The van der Waals surface area contributed by atoms with Crippen molar-refractivity contribution >= 4 is 22.5 Å². The number of hydrogen-bond acceptors (Lipinski definition) is 3. The average Bonchev–Trinajstić information content (AvgIpc) is 2.62. The first-order valence-corrected chi connectivity index (χ1v) is 10.0. The molecule has 0 unspecified atom stereocenters. The van der Waals surface area contributed by atoms with E-state index in [9.17, 15) is 4.79 Å². The van der Waals surface area contributed by atoms with E-state index >= 15 is 0 Å². The molecule has 1 N–H and O–H groups in total. The minimum absolute atomic E-state index is 0.128. The largest absolute Gasteiger partial charge is 0.486 e. The van der Waals surface area contributed by atoms with E-state index in [1.165, 1.54) is 0 Å². The number of aromatic nitrogens is 2. The maximum absolute atomic E-state index is 12.5. The van der Waals surface area contributed by atoms with Gasteiger partial charge in [-0.2, -0.15) is 0 Å². The van der Waals surface area contributed by atoms with E-state index in [0.29, 0.717) is 27.5 Å². The van der Waals surface area contributed by atoms with Crippen LogP contribution in [0.4, 0.5) is 0 Å². The summed E-state index contributed by atoms with van der Waals surface area (Å²) in [7, 11) is 0. The van der Waals surface area contributed by atoms with E-state index in [1.807, 2.05) is 44.2 Å². The molecule has 0 aliphatic rings. The third kappa shape index (κ3) is 4.07. The Morgan fingerprint density at radius 2 is 1.93 bits per heavy atom. The molecule has 0 saturated carbocycles. The lowest BCUT2D eigenvalue weighted by molar-refractivity contribution is 0.105. The number of rotatable bonds is 5. The van der Waals surface area contributed by atoms with Gasteiger partial charge in [0, 0.05) is 0 Å². The topological polar surface area (TPSA) is 55.0 Å². The maximum Gasteiger partial charge on any atom is 0.258 e. The Labute approximate surface area is 170 Å². The molecule has 0 aliphatic carbocycles. The van der Waals surface area contributed by atoms with Gasteiger partial charge in [-0.05, 0) is 74.1 Å². The molecule has 0 amide bonds. The molecule has 5 heteroatoms. The first-order valence-electron chi connectivity index (χ1n) is 9.65. The lowest BCUT2D eigenvalue weighted by atomic mass is 9.91. The van der Waals surface area contributed by atoms with Gasteiger partial charge in [-0.3, -0.25) is 4.79 Å². The van der Waals surface area contributed by atoms with E-state index in [0.717, 1.165) is 23.1 Å². The van der Waals surface area contributed by atoms with Crippen molar-refractivity contribution in [3.63, 3.8) is 0 Å². The van der Waals surface area contributed by atoms with Crippen LogP contribution >= 0.6 is 11.6 Å². The number of nitrogens with zero attached hydrogens (tertiary/aromatic N) is 1. The van der Waals surface area contributed by atoms with Crippen LogP contribution in [0.1, 0.15) is 58.3 Å². The summed E-state index contributed by atoms with van der Waals surface area (Å²) in [6.45, 7) is 12.2. The zero-order valence-electron chi connectivity index (χ0n) is 17.3. The van der Waals surface area contributed by atoms with Crippen LogP contribution in [0.5, 0.6) is 5.75 Å². The second-order valence-electron chi connectivity index (χ2n) is 8.12. The maximum atomic E-state index is 12.5. The third-order valence-electron chi connectivity index (χ3n) is 5.10. The van der Waals surface area contributed by atoms with E-state index in [-0.39, 0.29) is 17.1 Å². The molecular weight excluding hydrogens is 372 g/mol. The number of nitrogens with one attached hydrogen (secondary N) is 1. The summed E-state index contributed by atoms with van der Waals surface area (Å²) in [6.07, 6.45) is 0.862. The Kier molecular flexibility index (Phi) is 5.53. The molecule has 2 aromatic carbocycles. The highest BCUT2D eigenvalue weighted by Crippen LogP contribution is 2.37. The van der Waals surface area contributed by atoms with Gasteiger partial charge in [-0.15, -0.1) is 0 Å². The molecule has 1 aromatic heterocycles. The molecule has 28 heavy (non-hydrogen) atoms. The number of aryl methyl sites for hydroxylation is 1. The quantitative estimate of drug-likeness (QED) is 0.553. The van der Waals surface area contributed by atoms with Crippen molar-refractivity contribution in [2.24, 2.45) is 0 Å². The molecule has 0 atom stereocenters. The molecular formula is C23H27ClN2O2. The summed E-state index contributed by atoms with van der Waals surface area (Å²) in [6, 6.07) is 9.72. The highest BCUT2D eigenvalue weighted by Gasteiger charge is 2.20. The second kappa shape index (κ2) is 7.59. The Bertz CT molecular complexity index is 1080. The van der Waals surface area contributed by atoms with E-state index in [1.54, 1.807) is 6.92 Å². The molecule has 0 bridgehead atoms. The summed E-state index contributed by atoms with van der Waals surface area (Å²) in [5.41, 5.74) is 3.37. The van der Waals surface area contributed by atoms with Crippen LogP contribution in [0.2, 0.25) is 5.02 Å². The van der Waals surface area contributed by atoms with Gasteiger partial charge in [-0.25, -0.2) is 4.98 Å². The fourth-order valence-electron chi connectivity index (χ4n) is 3.17. The SMILES string of the molecule is CCC(C)(C)Oc1cc(-c2cc3c(=O)[nH]c(C)nc3cc2C(C)C)ccc1Cl. The second-order valence-corrected chi connectivity index (χ2v) is 8.53. The van der Waals surface area contributed by atoms with Crippen LogP contribution in [0.15, 0.2) is 35.1 Å². The monoisotopic (exact) mass is 398 g/mol. The first-order chi connectivity index (χ1) is 13.1. The van der Waals surface area contributed by atoms with Gasteiger partial charge in [0.1, 0.15) is 17.2 Å². The van der Waals surface area contributed by atoms with E-state index in [2.05, 4.69) is 30.7 Å². The number of benzene rings is 2. The summed E-state index contributed by atoms with van der Waals surface area (Å²) < 4.78 is 6.16. The minimum Gasteiger partial charge on any atom is -0.486 e. The van der Waals surface area contributed by atoms with Gasteiger partial charge in [0.05, 0.1) is 15.9 Å². The highest BCUT2D eigenvalue weighted by molar-refractivity contribution is 6.32. The summed E-state index contributed by atoms with van der Waals surface area (Å²) in [4.78, 5) is 19.8. The number of ether oxygens (including phenoxy) is 1. The van der Waals surface area contributed by atoms with Crippen LogP contribution in [-0.2, 0) is 0 Å². The lowest BCUT2D eigenvalue weighted by Crippen LogP contribution is -2.26. The summed E-state index contributed by atoms with van der Waals surface area (Å²) in [5.74, 6) is 1.54. The van der Waals surface area contributed by atoms with Crippen molar-refractivity contribution in [2.75, 3.05) is 0 Å². The van der Waals surface area contributed by atoms with Gasteiger partial charge < -0.3 is 9.72 Å². The predicted octanol–water partition coefficient (Wildman–Crippen LogP) is 6.24. The first kappa shape index (κ1) is 20.4. The Hall–Kier alpha value is -2.33. The Balaban J connectivity index is 2.22. The minimum atomic E-state index is -0.314. The molecule has 3 aromatic rings. The van der Waals surface area contributed by atoms with Gasteiger partial charge in [-0.1, -0.05) is 38.4 Å². The highest BCUT2D eigenvalue weighted by atomic mass is 35.5. The van der Waals surface area contributed by atoms with Crippen LogP contribution in [0, 0.1) is 6.92 Å². The molecule has 3 rings (SSSR count). The number of aromatic amines is 1. The standard InChI is InChI=1S/C23H27ClN2O2/c1-7-23(5,6)28-21-10-15(8-9-19(21)24)17-11-18-20(12-16(17)13(2)3)25-14(4)26-22(18)27/h8-13H,7H2,1-6H3,(H,25,26,27). The molecule has 0 radical (unpaired) electrons. The molecule has 4 nitrogen and oxygen atoms in total. The normalized spacial score (nSPS) is 12.0. The smallest absolute Gasteiger partial charge is 0.258 e. The van der Waals surface area contributed by atoms with Gasteiger partial charge >= 0.3 is 0 Å². The fraction of sp³-hybridized carbons (Fsp3) is 0.391. The predicted molar refractivity (Wildman–Crippen MR) is 117 cm³/mol. The van der Waals surface area contributed by atoms with Crippen LogP contribution < -0.4 is 10.3 Å². The number of halogens is 1. The molecule has 0 spiro atoms. The van der Waals surface area contributed by atoms with E-state index in [4.69, 9.17) is 16.3 Å².